The largest absolute Gasteiger partial charge is 0.490 e. The predicted molar refractivity (Wildman–Crippen MR) is 127 cm³/mol. The molecule has 2 aromatic rings. The highest BCUT2D eigenvalue weighted by molar-refractivity contribution is 6.30. The summed E-state index contributed by atoms with van der Waals surface area (Å²) in [6, 6.07) is 11.0. The Morgan fingerprint density at radius 1 is 0.973 bits per heavy atom. The number of amides is 2. The van der Waals surface area contributed by atoms with Crippen LogP contribution in [0, 0.1) is 0 Å². The minimum atomic E-state index is -5.08. The molecule has 0 unspecified atom stereocenters. The van der Waals surface area contributed by atoms with Crippen LogP contribution in [-0.2, 0) is 9.53 Å². The van der Waals surface area contributed by atoms with Crippen LogP contribution in [0.3, 0.4) is 0 Å². The van der Waals surface area contributed by atoms with E-state index in [2.05, 4.69) is 5.32 Å². The monoisotopic (exact) mass is 545 g/mol. The van der Waals surface area contributed by atoms with Crippen LogP contribution in [0.25, 0.3) is 0 Å². The number of benzene rings is 2. The number of halogens is 4. The van der Waals surface area contributed by atoms with E-state index in [0.29, 0.717) is 54.7 Å². The van der Waals surface area contributed by atoms with E-state index in [0.717, 1.165) is 0 Å². The number of alkyl halides is 3. The Hall–Kier alpha value is -4.00. The van der Waals surface area contributed by atoms with Gasteiger partial charge < -0.3 is 30.1 Å². The number of aromatic carboxylic acids is 1. The number of nitrogens with one attached hydrogen (secondary N) is 1. The second-order valence-corrected chi connectivity index (χ2v) is 7.91. The van der Waals surface area contributed by atoms with E-state index in [4.69, 9.17) is 26.2 Å². The summed E-state index contributed by atoms with van der Waals surface area (Å²) < 4.78 is 36.8. The van der Waals surface area contributed by atoms with Crippen LogP contribution in [0.1, 0.15) is 27.6 Å². The van der Waals surface area contributed by atoms with Crippen molar-refractivity contribution in [1.82, 2.24) is 4.90 Å². The zero-order valence-corrected chi connectivity index (χ0v) is 20.2. The Balaban J connectivity index is 0.000000604. The average molecular weight is 546 g/mol. The Morgan fingerprint density at radius 2 is 1.51 bits per heavy atom. The van der Waals surface area contributed by atoms with E-state index in [-0.39, 0.29) is 17.6 Å². The third-order valence-electron chi connectivity index (χ3n) is 4.99. The number of hydrogen-bond donors (Lipinski definition) is 3. The molecule has 3 N–H and O–H groups in total. The van der Waals surface area contributed by atoms with Gasteiger partial charge in [-0.25, -0.2) is 14.4 Å². The first-order chi connectivity index (χ1) is 17.3. The molecule has 14 heteroatoms. The van der Waals surface area contributed by atoms with Crippen molar-refractivity contribution < 1.29 is 47.3 Å². The fourth-order valence-corrected chi connectivity index (χ4v) is 3.31. The van der Waals surface area contributed by atoms with Crippen molar-refractivity contribution in [2.75, 3.05) is 43.0 Å². The minimum absolute atomic E-state index is 0.0651. The van der Waals surface area contributed by atoms with E-state index in [1.165, 1.54) is 12.1 Å². The molecule has 2 amide bonds. The number of rotatable bonds is 5. The second-order valence-electron chi connectivity index (χ2n) is 7.47. The van der Waals surface area contributed by atoms with Gasteiger partial charge in [-0.05, 0) is 49.4 Å². The van der Waals surface area contributed by atoms with Crippen LogP contribution in [0.5, 0.6) is 0 Å². The molecule has 0 bridgehead atoms. The summed E-state index contributed by atoms with van der Waals surface area (Å²) in [5, 5.41) is 19.8. The molecule has 0 saturated carbocycles. The highest BCUT2D eigenvalue weighted by Crippen LogP contribution is 2.29. The van der Waals surface area contributed by atoms with Crippen molar-refractivity contribution in [3.63, 3.8) is 0 Å². The van der Waals surface area contributed by atoms with Crippen LogP contribution < -0.4 is 10.2 Å². The van der Waals surface area contributed by atoms with E-state index in [1.807, 2.05) is 4.90 Å². The number of anilines is 2. The van der Waals surface area contributed by atoms with Crippen molar-refractivity contribution in [3.8, 4) is 0 Å². The second kappa shape index (κ2) is 12.8. The van der Waals surface area contributed by atoms with Crippen molar-refractivity contribution in [1.29, 1.82) is 0 Å². The van der Waals surface area contributed by atoms with E-state index >= 15 is 0 Å². The van der Waals surface area contributed by atoms with Gasteiger partial charge in [0.25, 0.3) is 5.91 Å². The summed E-state index contributed by atoms with van der Waals surface area (Å²) in [6.07, 6.45) is -5.44. The van der Waals surface area contributed by atoms with Crippen LogP contribution in [0.15, 0.2) is 42.5 Å². The maximum atomic E-state index is 12.7. The number of nitrogens with zero attached hydrogens (tertiary/aromatic N) is 2. The molecule has 37 heavy (non-hydrogen) atoms. The molecule has 0 aliphatic carbocycles. The molecule has 1 aliphatic heterocycles. The molecule has 1 saturated heterocycles. The lowest BCUT2D eigenvalue weighted by Gasteiger charge is -2.36. The predicted octanol–water partition coefficient (Wildman–Crippen LogP) is 4.20. The van der Waals surface area contributed by atoms with Gasteiger partial charge in [0, 0.05) is 36.8 Å². The number of piperazine rings is 1. The Bertz CT molecular complexity index is 1140. The molecule has 200 valence electrons. The number of hydrogen-bond acceptors (Lipinski definition) is 6. The van der Waals surface area contributed by atoms with E-state index in [9.17, 15) is 32.7 Å². The number of carbonyl (C=O) groups is 4. The fraction of sp³-hybridized carbons (Fsp3) is 0.304. The highest BCUT2D eigenvalue weighted by Gasteiger charge is 2.38. The molecule has 2 aromatic carbocycles. The van der Waals surface area contributed by atoms with Gasteiger partial charge in [-0.15, -0.1) is 0 Å². The fourth-order valence-electron chi connectivity index (χ4n) is 3.19. The zero-order valence-electron chi connectivity index (χ0n) is 19.4. The Labute approximate surface area is 214 Å². The molecule has 10 nitrogen and oxygen atoms in total. The van der Waals surface area contributed by atoms with Gasteiger partial charge in [-0.2, -0.15) is 13.2 Å². The number of carbonyl (C=O) groups excluding carboxylic acids is 2. The molecule has 0 spiro atoms. The van der Waals surface area contributed by atoms with Gasteiger partial charge in [0.1, 0.15) is 0 Å². The zero-order chi connectivity index (χ0) is 27.8. The molecule has 1 heterocycles. The normalized spacial score (nSPS) is 13.2. The van der Waals surface area contributed by atoms with Crippen LogP contribution in [-0.4, -0.2) is 78.0 Å². The maximum absolute atomic E-state index is 12.7. The van der Waals surface area contributed by atoms with Gasteiger partial charge in [0.2, 0.25) is 0 Å². The van der Waals surface area contributed by atoms with Crippen LogP contribution >= 0.6 is 11.6 Å². The summed E-state index contributed by atoms with van der Waals surface area (Å²) in [7, 11) is 0. The summed E-state index contributed by atoms with van der Waals surface area (Å²) in [4.78, 5) is 48.5. The van der Waals surface area contributed by atoms with E-state index in [1.54, 1.807) is 42.2 Å². The van der Waals surface area contributed by atoms with Crippen LogP contribution in [0.4, 0.5) is 29.3 Å². The smallest absolute Gasteiger partial charge is 0.478 e. The lowest BCUT2D eigenvalue weighted by Crippen LogP contribution is -2.49. The first-order valence-electron chi connectivity index (χ1n) is 10.7. The van der Waals surface area contributed by atoms with Crippen molar-refractivity contribution in [2.45, 2.75) is 13.1 Å². The maximum Gasteiger partial charge on any atom is 0.490 e. The average Bonchev–Trinajstić information content (AvgIpc) is 2.84. The molecule has 0 atom stereocenters. The first kappa shape index (κ1) is 29.2. The number of carboxylic acids is 2. The summed E-state index contributed by atoms with van der Waals surface area (Å²) in [6.45, 7) is 4.04. The van der Waals surface area contributed by atoms with Gasteiger partial charge in [-0.3, -0.25) is 4.79 Å². The van der Waals surface area contributed by atoms with Gasteiger partial charge >= 0.3 is 24.2 Å². The minimum Gasteiger partial charge on any atom is -0.478 e. The first-order valence-corrected chi connectivity index (χ1v) is 11.1. The lowest BCUT2D eigenvalue weighted by molar-refractivity contribution is -0.192. The third kappa shape index (κ3) is 8.56. The van der Waals surface area contributed by atoms with E-state index < -0.39 is 18.1 Å². The topological polar surface area (TPSA) is 136 Å². The van der Waals surface area contributed by atoms with Gasteiger partial charge in [-0.1, -0.05) is 11.6 Å². The molecular weight excluding hydrogens is 523 g/mol. The van der Waals surface area contributed by atoms with Crippen LogP contribution in [0.2, 0.25) is 5.02 Å². The Kier molecular flexibility index (Phi) is 10.1. The standard InChI is InChI=1S/C21H22ClN3O5.C2HF3O2/c1-2-30-21(29)25-11-9-24(10-12-25)18-8-5-15(20(27)28)13-17(18)23-19(26)14-3-6-16(22)7-4-14;3-2(4,5)1(6)7/h3-8,13H,2,9-12H2,1H3,(H,23,26)(H,27,28);(H,6,7). The summed E-state index contributed by atoms with van der Waals surface area (Å²) in [5.41, 5.74) is 1.54. The number of carboxylic acid groups (broad SMARTS) is 2. The van der Waals surface area contributed by atoms with Gasteiger partial charge in [0.15, 0.2) is 0 Å². The molecule has 0 aromatic heterocycles. The molecular formula is C23H23ClF3N3O7. The van der Waals surface area contributed by atoms with Crippen molar-refractivity contribution in [3.05, 3.63) is 58.6 Å². The number of ether oxygens (including phenoxy) is 1. The molecule has 0 radical (unpaired) electrons. The molecule has 3 rings (SSSR count). The highest BCUT2D eigenvalue weighted by atomic mass is 35.5. The molecule has 1 aliphatic rings. The van der Waals surface area contributed by atoms with Gasteiger partial charge in [0.05, 0.1) is 23.5 Å². The number of aliphatic carboxylic acids is 1. The van der Waals surface area contributed by atoms with Crippen molar-refractivity contribution >= 4 is 46.9 Å². The Morgan fingerprint density at radius 3 is 2.00 bits per heavy atom. The molecule has 1 fully saturated rings. The lowest BCUT2D eigenvalue weighted by atomic mass is 10.1. The summed E-state index contributed by atoms with van der Waals surface area (Å²) >= 11 is 5.87. The van der Waals surface area contributed by atoms with Crippen molar-refractivity contribution in [2.24, 2.45) is 0 Å². The third-order valence-corrected chi connectivity index (χ3v) is 5.24. The quantitative estimate of drug-likeness (QED) is 0.508. The SMILES string of the molecule is CCOC(=O)N1CCN(c2ccc(C(=O)O)cc2NC(=O)c2ccc(Cl)cc2)CC1.O=C(O)C(F)(F)F. The summed E-state index contributed by atoms with van der Waals surface area (Å²) in [5.74, 6) is -4.22.